The van der Waals surface area contributed by atoms with Crippen LogP contribution in [0.1, 0.15) is 0 Å². The first-order chi connectivity index (χ1) is 5.01. The highest BCUT2D eigenvalue weighted by atomic mass is 32.2. The van der Waals surface area contributed by atoms with Crippen molar-refractivity contribution in [2.45, 2.75) is 0 Å². The van der Waals surface area contributed by atoms with Gasteiger partial charge in [-0.3, -0.25) is 4.79 Å². The maximum absolute atomic E-state index is 10.8. The Hall–Kier alpha value is -0.580. The van der Waals surface area contributed by atoms with E-state index in [-0.39, 0.29) is 29.3 Å². The third-order valence-corrected chi connectivity index (χ3v) is 4.30. The van der Waals surface area contributed by atoms with Gasteiger partial charge in [-0.15, -0.1) is 0 Å². The Kier molecular flexibility index (Phi) is 1.14. The van der Waals surface area contributed by atoms with Gasteiger partial charge in [-0.2, -0.15) is 0 Å². The predicted octanol–water partition coefficient (Wildman–Crippen LogP) is -0.638. The van der Waals surface area contributed by atoms with Crippen LogP contribution in [0.3, 0.4) is 0 Å². The fourth-order valence-electron chi connectivity index (χ4n) is 1.92. The fourth-order valence-corrected chi connectivity index (χ4v) is 4.14. The number of carboxylic acid groups (broad SMARTS) is 1. The standard InChI is InChI=1S/C6H8O4S/c7-6(8)5-3-1-11(9,10)2-4(3)5/h3-5H,1-2H2,(H,7,8). The van der Waals surface area contributed by atoms with Gasteiger partial charge in [-0.05, 0) is 11.8 Å². The van der Waals surface area contributed by atoms with Crippen LogP contribution < -0.4 is 0 Å². The highest BCUT2D eigenvalue weighted by molar-refractivity contribution is 7.91. The van der Waals surface area contributed by atoms with Gasteiger partial charge < -0.3 is 5.11 Å². The molecule has 2 rings (SSSR count). The Morgan fingerprint density at radius 1 is 1.27 bits per heavy atom. The largest absolute Gasteiger partial charge is 0.481 e. The zero-order valence-corrected chi connectivity index (χ0v) is 6.54. The van der Waals surface area contributed by atoms with Crippen molar-refractivity contribution in [2.24, 2.45) is 17.8 Å². The van der Waals surface area contributed by atoms with Crippen LogP contribution in [0.25, 0.3) is 0 Å². The molecule has 5 heteroatoms. The first-order valence-electron chi connectivity index (χ1n) is 3.44. The lowest BCUT2D eigenvalue weighted by Crippen LogP contribution is -2.14. The maximum atomic E-state index is 10.8. The molecule has 11 heavy (non-hydrogen) atoms. The Labute approximate surface area is 64.1 Å². The molecule has 0 aromatic heterocycles. The molecule has 0 bridgehead atoms. The second-order valence-corrected chi connectivity index (χ2v) is 5.42. The van der Waals surface area contributed by atoms with E-state index in [9.17, 15) is 13.2 Å². The van der Waals surface area contributed by atoms with Gasteiger partial charge in [0, 0.05) is 0 Å². The summed E-state index contributed by atoms with van der Waals surface area (Å²) in [4.78, 5) is 10.4. The summed E-state index contributed by atoms with van der Waals surface area (Å²) in [6.45, 7) is 0. The van der Waals surface area contributed by atoms with E-state index >= 15 is 0 Å². The van der Waals surface area contributed by atoms with E-state index in [0.717, 1.165) is 0 Å². The van der Waals surface area contributed by atoms with Crippen molar-refractivity contribution in [3.8, 4) is 0 Å². The summed E-state index contributed by atoms with van der Waals surface area (Å²) in [6, 6.07) is 0. The zero-order valence-electron chi connectivity index (χ0n) is 5.73. The van der Waals surface area contributed by atoms with Crippen LogP contribution in [-0.2, 0) is 14.6 Å². The molecule has 2 fully saturated rings. The lowest BCUT2D eigenvalue weighted by Gasteiger charge is -1.97. The van der Waals surface area contributed by atoms with Gasteiger partial charge in [0.1, 0.15) is 0 Å². The molecule has 62 valence electrons. The lowest BCUT2D eigenvalue weighted by molar-refractivity contribution is -0.139. The Morgan fingerprint density at radius 2 is 1.73 bits per heavy atom. The summed E-state index contributed by atoms with van der Waals surface area (Å²) < 4.78 is 21.7. The molecular formula is C6H8O4S. The molecule has 1 aliphatic heterocycles. The average Bonchev–Trinajstić information content (AvgIpc) is 2.31. The summed E-state index contributed by atoms with van der Waals surface area (Å²) >= 11 is 0. The first kappa shape index (κ1) is 7.09. The van der Waals surface area contributed by atoms with Gasteiger partial charge in [0.25, 0.3) is 0 Å². The van der Waals surface area contributed by atoms with Crippen LogP contribution in [0.5, 0.6) is 0 Å². The molecule has 4 nitrogen and oxygen atoms in total. The number of fused-ring (bicyclic) bond motifs is 1. The van der Waals surface area contributed by atoms with Crippen molar-refractivity contribution in [3.63, 3.8) is 0 Å². The van der Waals surface area contributed by atoms with Crippen molar-refractivity contribution in [1.29, 1.82) is 0 Å². The number of rotatable bonds is 1. The predicted molar refractivity (Wildman–Crippen MR) is 36.8 cm³/mol. The zero-order chi connectivity index (χ0) is 8.22. The minimum absolute atomic E-state index is 0.0718. The van der Waals surface area contributed by atoms with Crippen molar-refractivity contribution >= 4 is 15.8 Å². The van der Waals surface area contributed by atoms with Crippen LogP contribution in [0.15, 0.2) is 0 Å². The summed E-state index contributed by atoms with van der Waals surface area (Å²) in [5.74, 6) is -1.16. The summed E-state index contributed by atoms with van der Waals surface area (Å²) in [6.07, 6.45) is 0. The minimum atomic E-state index is -2.88. The summed E-state index contributed by atoms with van der Waals surface area (Å²) in [5, 5.41) is 8.53. The van der Waals surface area contributed by atoms with E-state index in [1.54, 1.807) is 0 Å². The molecule has 2 atom stereocenters. The second kappa shape index (κ2) is 1.77. The molecule has 2 unspecified atom stereocenters. The van der Waals surface area contributed by atoms with E-state index in [2.05, 4.69) is 0 Å². The van der Waals surface area contributed by atoms with Crippen molar-refractivity contribution < 1.29 is 18.3 Å². The normalized spacial score (nSPS) is 44.9. The molecule has 1 heterocycles. The maximum Gasteiger partial charge on any atom is 0.307 e. The Morgan fingerprint density at radius 3 is 2.09 bits per heavy atom. The number of sulfone groups is 1. The lowest BCUT2D eigenvalue weighted by atomic mass is 10.3. The van der Waals surface area contributed by atoms with E-state index in [0.29, 0.717) is 0 Å². The van der Waals surface area contributed by atoms with Crippen LogP contribution in [0, 0.1) is 17.8 Å². The molecule has 1 aliphatic carbocycles. The SMILES string of the molecule is O=C(O)C1C2CS(=O)(=O)CC21. The molecule has 0 aromatic rings. The number of carboxylic acids is 1. The minimum Gasteiger partial charge on any atom is -0.481 e. The fraction of sp³-hybridized carbons (Fsp3) is 0.833. The van der Waals surface area contributed by atoms with E-state index < -0.39 is 15.8 Å². The molecule has 0 aromatic carbocycles. The van der Waals surface area contributed by atoms with Gasteiger partial charge in [0.05, 0.1) is 17.4 Å². The average molecular weight is 176 g/mol. The van der Waals surface area contributed by atoms with E-state index in [4.69, 9.17) is 5.11 Å². The van der Waals surface area contributed by atoms with Gasteiger partial charge in [0.15, 0.2) is 9.84 Å². The van der Waals surface area contributed by atoms with Gasteiger partial charge in [-0.1, -0.05) is 0 Å². The quantitative estimate of drug-likeness (QED) is 0.577. The monoisotopic (exact) mass is 176 g/mol. The molecular weight excluding hydrogens is 168 g/mol. The highest BCUT2D eigenvalue weighted by Crippen LogP contribution is 2.52. The van der Waals surface area contributed by atoms with Crippen LogP contribution in [-0.4, -0.2) is 31.0 Å². The van der Waals surface area contributed by atoms with Crippen LogP contribution in [0.2, 0.25) is 0 Å². The van der Waals surface area contributed by atoms with Gasteiger partial charge in [-0.25, -0.2) is 8.42 Å². The third kappa shape index (κ3) is 0.946. The van der Waals surface area contributed by atoms with E-state index in [1.807, 2.05) is 0 Å². The van der Waals surface area contributed by atoms with Crippen molar-refractivity contribution in [3.05, 3.63) is 0 Å². The Balaban J connectivity index is 2.12. The number of carbonyl (C=O) groups is 1. The molecule has 0 amide bonds. The van der Waals surface area contributed by atoms with Crippen molar-refractivity contribution in [1.82, 2.24) is 0 Å². The summed E-state index contributed by atoms with van der Waals surface area (Å²) in [7, 11) is -2.88. The van der Waals surface area contributed by atoms with Gasteiger partial charge >= 0.3 is 5.97 Å². The van der Waals surface area contributed by atoms with Crippen LogP contribution in [0.4, 0.5) is 0 Å². The number of hydrogen-bond donors (Lipinski definition) is 1. The molecule has 1 saturated heterocycles. The molecule has 0 spiro atoms. The smallest absolute Gasteiger partial charge is 0.307 e. The molecule has 2 aliphatic rings. The third-order valence-electron chi connectivity index (χ3n) is 2.51. The number of aliphatic carboxylic acids is 1. The van der Waals surface area contributed by atoms with Crippen LogP contribution >= 0.6 is 0 Å². The van der Waals surface area contributed by atoms with Crippen molar-refractivity contribution in [2.75, 3.05) is 11.5 Å². The molecule has 1 saturated carbocycles. The second-order valence-electron chi connectivity index (χ2n) is 3.27. The summed E-state index contributed by atoms with van der Waals surface area (Å²) in [5.41, 5.74) is 0. The highest BCUT2D eigenvalue weighted by Gasteiger charge is 2.62. The molecule has 1 N–H and O–H groups in total. The first-order valence-corrected chi connectivity index (χ1v) is 5.26. The Bertz CT molecular complexity index is 287. The van der Waals surface area contributed by atoms with Gasteiger partial charge in [0.2, 0.25) is 0 Å². The van der Waals surface area contributed by atoms with E-state index in [1.165, 1.54) is 0 Å². The number of hydrogen-bond acceptors (Lipinski definition) is 3. The molecule has 0 radical (unpaired) electrons. The topological polar surface area (TPSA) is 71.4 Å².